The highest BCUT2D eigenvalue weighted by Crippen LogP contribution is 2.24. The van der Waals surface area contributed by atoms with Gasteiger partial charge in [0.25, 0.3) is 15.9 Å². The molecule has 0 spiro atoms. The highest BCUT2D eigenvalue weighted by Gasteiger charge is 2.18. The Hall–Kier alpha value is -5.24. The molecule has 3 aromatic heterocycles. The third kappa shape index (κ3) is 5.86. The highest BCUT2D eigenvalue weighted by atomic mass is 32.2. The van der Waals surface area contributed by atoms with E-state index in [1.165, 1.54) is 24.5 Å². The summed E-state index contributed by atoms with van der Waals surface area (Å²) in [6.07, 6.45) is 2.77. The van der Waals surface area contributed by atoms with Gasteiger partial charge in [0.15, 0.2) is 0 Å². The zero-order valence-corrected chi connectivity index (χ0v) is 21.6. The van der Waals surface area contributed by atoms with Gasteiger partial charge < -0.3 is 15.2 Å². The molecule has 0 aliphatic rings. The van der Waals surface area contributed by atoms with E-state index in [9.17, 15) is 8.42 Å². The number of hydrogen-bond donors (Lipinski definition) is 2. The number of pyridine rings is 1. The standard InChI is InChI=1S/C25H22N10O3S/c1-16-8-12-20(13-9-16)39(36,37)34-28-15-18-11-10-17(14-27-18)23-29-22(33-38-23)21-30-24(26)32-25(31-21)35(2)19-6-4-3-5-7-19/h3-15,34H,1-2H3,(H2,26,30,31,32). The molecule has 0 amide bonds. The summed E-state index contributed by atoms with van der Waals surface area (Å²) in [5.41, 5.74) is 8.66. The fraction of sp³-hybridized carbons (Fsp3) is 0.0800. The van der Waals surface area contributed by atoms with Crippen LogP contribution in [0.5, 0.6) is 0 Å². The molecule has 3 heterocycles. The largest absolute Gasteiger partial charge is 0.368 e. The lowest BCUT2D eigenvalue weighted by Crippen LogP contribution is -2.18. The van der Waals surface area contributed by atoms with Crippen molar-refractivity contribution in [2.75, 3.05) is 17.7 Å². The van der Waals surface area contributed by atoms with Gasteiger partial charge in [-0.1, -0.05) is 41.1 Å². The number of hydrazone groups is 1. The Morgan fingerprint density at radius 1 is 0.949 bits per heavy atom. The van der Waals surface area contributed by atoms with Gasteiger partial charge in [-0.25, -0.2) is 4.83 Å². The predicted molar refractivity (Wildman–Crippen MR) is 144 cm³/mol. The topological polar surface area (TPSA) is 178 Å². The fourth-order valence-electron chi connectivity index (χ4n) is 3.37. The van der Waals surface area contributed by atoms with Crippen molar-refractivity contribution in [2.24, 2.45) is 5.10 Å². The molecule has 2 aromatic carbocycles. The van der Waals surface area contributed by atoms with Crippen molar-refractivity contribution in [3.05, 3.63) is 84.2 Å². The second-order valence-electron chi connectivity index (χ2n) is 8.27. The molecule has 14 heteroatoms. The van der Waals surface area contributed by atoms with E-state index in [0.29, 0.717) is 17.2 Å². The minimum absolute atomic E-state index is 0.00689. The van der Waals surface area contributed by atoms with Crippen molar-refractivity contribution in [1.82, 2.24) is 34.9 Å². The molecule has 0 saturated heterocycles. The van der Waals surface area contributed by atoms with Crippen LogP contribution in [-0.4, -0.2) is 51.8 Å². The minimum atomic E-state index is -3.79. The first-order chi connectivity index (χ1) is 18.8. The smallest absolute Gasteiger partial charge is 0.276 e. The number of nitrogens with zero attached hydrogens (tertiary/aromatic N) is 8. The molecular weight excluding hydrogens is 520 g/mol. The maximum Gasteiger partial charge on any atom is 0.276 e. The molecule has 5 aromatic rings. The Balaban J connectivity index is 1.29. The number of anilines is 3. The zero-order chi connectivity index (χ0) is 27.4. The highest BCUT2D eigenvalue weighted by molar-refractivity contribution is 7.89. The summed E-state index contributed by atoms with van der Waals surface area (Å²) in [7, 11) is -1.98. The van der Waals surface area contributed by atoms with Crippen molar-refractivity contribution < 1.29 is 12.9 Å². The molecule has 196 valence electrons. The third-order valence-corrected chi connectivity index (χ3v) is 6.68. The van der Waals surface area contributed by atoms with E-state index in [0.717, 1.165) is 11.3 Å². The van der Waals surface area contributed by atoms with Crippen LogP contribution in [0.2, 0.25) is 0 Å². The first kappa shape index (κ1) is 25.4. The second kappa shape index (κ2) is 10.6. The van der Waals surface area contributed by atoms with Gasteiger partial charge in [-0.2, -0.15) is 33.5 Å². The molecule has 0 atom stereocenters. The van der Waals surface area contributed by atoms with E-state index in [-0.39, 0.29) is 28.4 Å². The zero-order valence-electron chi connectivity index (χ0n) is 20.8. The molecule has 0 aliphatic carbocycles. The molecular formula is C25H22N10O3S. The number of sulfonamides is 1. The maximum atomic E-state index is 12.3. The van der Waals surface area contributed by atoms with Crippen molar-refractivity contribution in [3.8, 4) is 23.1 Å². The Bertz CT molecular complexity index is 1720. The molecule has 0 radical (unpaired) electrons. The molecule has 0 aliphatic heterocycles. The van der Waals surface area contributed by atoms with Crippen LogP contribution in [0, 0.1) is 6.92 Å². The van der Waals surface area contributed by atoms with Crippen molar-refractivity contribution >= 4 is 33.8 Å². The number of rotatable bonds is 8. The molecule has 0 bridgehead atoms. The summed E-state index contributed by atoms with van der Waals surface area (Å²) in [6, 6.07) is 19.3. The Labute approximate surface area is 223 Å². The van der Waals surface area contributed by atoms with Crippen molar-refractivity contribution in [3.63, 3.8) is 0 Å². The number of aryl methyl sites for hydroxylation is 1. The molecule has 3 N–H and O–H groups in total. The Kier molecular flexibility index (Phi) is 6.93. The van der Waals surface area contributed by atoms with E-state index >= 15 is 0 Å². The van der Waals surface area contributed by atoms with Gasteiger partial charge in [-0.3, -0.25) is 4.98 Å². The second-order valence-corrected chi connectivity index (χ2v) is 9.93. The normalized spacial score (nSPS) is 11.5. The van der Waals surface area contributed by atoms with Gasteiger partial charge in [0.1, 0.15) is 0 Å². The number of nitrogen functional groups attached to an aromatic ring is 1. The minimum Gasteiger partial charge on any atom is -0.368 e. The number of benzene rings is 2. The summed E-state index contributed by atoms with van der Waals surface area (Å²) in [5, 5.41) is 7.76. The van der Waals surface area contributed by atoms with Crippen LogP contribution in [-0.2, 0) is 10.0 Å². The van der Waals surface area contributed by atoms with Gasteiger partial charge >= 0.3 is 0 Å². The third-order valence-electron chi connectivity index (χ3n) is 5.44. The van der Waals surface area contributed by atoms with Gasteiger partial charge in [0.05, 0.1) is 22.4 Å². The summed E-state index contributed by atoms with van der Waals surface area (Å²) in [4.78, 5) is 25.4. The first-order valence-corrected chi connectivity index (χ1v) is 13.0. The summed E-state index contributed by atoms with van der Waals surface area (Å²) >= 11 is 0. The van der Waals surface area contributed by atoms with Crippen LogP contribution in [0.15, 0.2) is 87.4 Å². The first-order valence-electron chi connectivity index (χ1n) is 11.5. The molecule has 0 saturated carbocycles. The lowest BCUT2D eigenvalue weighted by Gasteiger charge is -2.17. The van der Waals surface area contributed by atoms with Gasteiger partial charge in [-0.05, 0) is 43.3 Å². The van der Waals surface area contributed by atoms with E-state index in [1.807, 2.05) is 37.3 Å². The lowest BCUT2D eigenvalue weighted by molar-refractivity contribution is 0.431. The van der Waals surface area contributed by atoms with Gasteiger partial charge in [-0.15, -0.1) is 0 Å². The Morgan fingerprint density at radius 2 is 1.72 bits per heavy atom. The fourth-order valence-corrected chi connectivity index (χ4v) is 4.16. The van der Waals surface area contributed by atoms with Crippen molar-refractivity contribution in [1.29, 1.82) is 0 Å². The van der Waals surface area contributed by atoms with Crippen LogP contribution >= 0.6 is 0 Å². The van der Waals surface area contributed by atoms with Crippen LogP contribution < -0.4 is 15.5 Å². The van der Waals surface area contributed by atoms with E-state index < -0.39 is 10.0 Å². The number of hydrogen-bond acceptors (Lipinski definition) is 12. The monoisotopic (exact) mass is 542 g/mol. The van der Waals surface area contributed by atoms with Crippen LogP contribution in [0.3, 0.4) is 0 Å². The van der Waals surface area contributed by atoms with E-state index in [4.69, 9.17) is 10.3 Å². The SMILES string of the molecule is Cc1ccc(S(=O)(=O)NN=Cc2ccc(-c3nc(-c4nc(N)nc(N(C)c5ccccc5)n4)no3)cn2)cc1. The number of para-hydroxylation sites is 1. The molecule has 0 fully saturated rings. The number of nitrogens with one attached hydrogen (secondary N) is 1. The van der Waals surface area contributed by atoms with Crippen LogP contribution in [0.1, 0.15) is 11.3 Å². The molecule has 5 rings (SSSR count). The quantitative estimate of drug-likeness (QED) is 0.217. The summed E-state index contributed by atoms with van der Waals surface area (Å²) < 4.78 is 30.1. The van der Waals surface area contributed by atoms with Gasteiger partial charge in [0.2, 0.25) is 23.5 Å². The molecule has 39 heavy (non-hydrogen) atoms. The summed E-state index contributed by atoms with van der Waals surface area (Å²) in [6.45, 7) is 1.87. The average molecular weight is 543 g/mol. The average Bonchev–Trinajstić information content (AvgIpc) is 3.44. The van der Waals surface area contributed by atoms with E-state index in [2.05, 4.69) is 40.0 Å². The molecule has 0 unspecified atom stereocenters. The molecule has 13 nitrogen and oxygen atoms in total. The number of nitrogens with two attached hydrogens (primary N) is 1. The maximum absolute atomic E-state index is 12.3. The van der Waals surface area contributed by atoms with Crippen molar-refractivity contribution in [2.45, 2.75) is 11.8 Å². The Morgan fingerprint density at radius 3 is 2.44 bits per heavy atom. The number of aromatic nitrogens is 6. The predicted octanol–water partition coefficient (Wildman–Crippen LogP) is 2.95. The summed E-state index contributed by atoms with van der Waals surface area (Å²) in [5.74, 6) is 0.773. The van der Waals surface area contributed by atoms with Crippen LogP contribution in [0.25, 0.3) is 23.1 Å². The van der Waals surface area contributed by atoms with Crippen LogP contribution in [0.4, 0.5) is 17.6 Å². The van der Waals surface area contributed by atoms with Gasteiger partial charge in [0, 0.05) is 18.9 Å². The lowest BCUT2D eigenvalue weighted by atomic mass is 10.2. The van der Waals surface area contributed by atoms with E-state index in [1.54, 1.807) is 36.2 Å².